The molecule has 0 aliphatic rings. The van der Waals surface area contributed by atoms with Crippen molar-refractivity contribution in [3.63, 3.8) is 0 Å². The number of thioether (sulfide) groups is 1. The third kappa shape index (κ3) is 8.09. The van der Waals surface area contributed by atoms with Crippen LogP contribution in [0.3, 0.4) is 0 Å². The molecule has 0 saturated heterocycles. The van der Waals surface area contributed by atoms with Crippen LogP contribution in [0, 0.1) is 5.41 Å². The molecule has 0 atom stereocenters. The Morgan fingerprint density at radius 1 is 1.44 bits per heavy atom. The van der Waals surface area contributed by atoms with Gasteiger partial charge in [-0.1, -0.05) is 26.3 Å². The van der Waals surface area contributed by atoms with Crippen LogP contribution < -0.4 is 0 Å². The van der Waals surface area contributed by atoms with Crippen molar-refractivity contribution in [1.29, 1.82) is 0 Å². The third-order valence-corrected chi connectivity index (χ3v) is 1.80. The molecule has 0 rings (SSSR count). The first kappa shape index (κ1) is 9.09. The zero-order chi connectivity index (χ0) is 6.95. The lowest BCUT2D eigenvalue weighted by molar-refractivity contribution is 0.897. The molecule has 53 valence electrons. The Morgan fingerprint density at radius 2 is 2.22 bits per heavy atom. The summed E-state index contributed by atoms with van der Waals surface area (Å²) in [5.74, 6) is 1.23. The van der Waals surface area contributed by atoms with Gasteiger partial charge in [-0.25, -0.2) is 0 Å². The molecule has 0 spiro atoms. The molecular weight excluding hydrogens is 128 g/mol. The molecule has 0 aromatic carbocycles. The number of unbranched alkanes of at least 4 members (excludes halogenated alkanes) is 1. The number of allylic oxidation sites excluding steroid dienone is 1. The van der Waals surface area contributed by atoms with E-state index in [0.29, 0.717) is 0 Å². The van der Waals surface area contributed by atoms with E-state index in [-0.39, 0.29) is 0 Å². The summed E-state index contributed by atoms with van der Waals surface area (Å²) in [6, 6.07) is 0. The van der Waals surface area contributed by atoms with Crippen molar-refractivity contribution in [2.24, 2.45) is 0 Å². The average Bonchev–Trinajstić information content (AvgIpc) is 1.89. The maximum absolute atomic E-state index is 3.16. The Kier molecular flexibility index (Phi) is 8.17. The van der Waals surface area contributed by atoms with Gasteiger partial charge in [-0.2, -0.15) is 0 Å². The van der Waals surface area contributed by atoms with Gasteiger partial charge >= 0.3 is 0 Å². The van der Waals surface area contributed by atoms with E-state index >= 15 is 0 Å². The minimum atomic E-state index is 1.11. The number of hydrogen-bond donors (Lipinski definition) is 0. The Morgan fingerprint density at radius 3 is 2.78 bits per heavy atom. The minimum absolute atomic E-state index is 1.11. The van der Waals surface area contributed by atoms with Gasteiger partial charge in [0.2, 0.25) is 0 Å². The van der Waals surface area contributed by atoms with Gasteiger partial charge in [0.25, 0.3) is 0 Å². The largest absolute Gasteiger partial charge is 0.125 e. The lowest BCUT2D eigenvalue weighted by Crippen LogP contribution is -1.72. The van der Waals surface area contributed by atoms with Gasteiger partial charge in [-0.15, -0.1) is 11.8 Å². The van der Waals surface area contributed by atoms with Crippen LogP contribution >= 0.6 is 11.8 Å². The number of hydrogen-bond acceptors (Lipinski definition) is 1. The lowest BCUT2D eigenvalue weighted by Gasteiger charge is -1.89. The first-order chi connectivity index (χ1) is 4.41. The van der Waals surface area contributed by atoms with E-state index in [1.54, 1.807) is 11.8 Å². The predicted molar refractivity (Wildman–Crippen MR) is 45.5 cm³/mol. The molecule has 0 amide bonds. The Balaban J connectivity index is 2.82. The summed E-state index contributed by atoms with van der Waals surface area (Å²) in [7, 11) is 0. The van der Waals surface area contributed by atoms with E-state index in [1.165, 1.54) is 18.6 Å². The highest BCUT2D eigenvalue weighted by atomic mass is 32.2. The van der Waals surface area contributed by atoms with Gasteiger partial charge in [0.15, 0.2) is 0 Å². The van der Waals surface area contributed by atoms with Crippen LogP contribution in [0.4, 0.5) is 0 Å². The van der Waals surface area contributed by atoms with E-state index in [9.17, 15) is 0 Å². The summed E-state index contributed by atoms with van der Waals surface area (Å²) < 4.78 is 0. The molecule has 0 unspecified atom stereocenters. The van der Waals surface area contributed by atoms with E-state index in [0.717, 1.165) is 6.42 Å². The normalized spacial score (nSPS) is 10.9. The van der Waals surface area contributed by atoms with Crippen LogP contribution in [0.5, 0.6) is 0 Å². The van der Waals surface area contributed by atoms with Gasteiger partial charge in [0, 0.05) is 5.41 Å². The molecule has 1 radical (unpaired) electrons. The molecule has 0 bridgehead atoms. The monoisotopic (exact) mass is 143 g/mol. The van der Waals surface area contributed by atoms with Crippen molar-refractivity contribution in [3.05, 3.63) is 11.5 Å². The fourth-order valence-corrected chi connectivity index (χ4v) is 1.25. The quantitative estimate of drug-likeness (QED) is 0.532. The summed E-state index contributed by atoms with van der Waals surface area (Å²) in [5, 5.41) is 3.16. The summed E-state index contributed by atoms with van der Waals surface area (Å²) in [5.41, 5.74) is 0. The molecule has 0 saturated carbocycles. The summed E-state index contributed by atoms with van der Waals surface area (Å²) >= 11 is 1.80. The molecule has 1 heteroatoms. The van der Waals surface area contributed by atoms with Crippen molar-refractivity contribution in [1.82, 2.24) is 0 Å². The Labute approximate surface area is 62.7 Å². The van der Waals surface area contributed by atoms with Gasteiger partial charge in [-0.3, -0.25) is 0 Å². The second-order valence-electron chi connectivity index (χ2n) is 1.93. The standard InChI is InChI=1S/C8H15S/c1-3-5-7-9-8-6-4-2/h5H,3-4,6,8H2,1-2H3. The highest BCUT2D eigenvalue weighted by Gasteiger charge is 1.80. The van der Waals surface area contributed by atoms with Crippen molar-refractivity contribution in [2.75, 3.05) is 5.75 Å². The van der Waals surface area contributed by atoms with Gasteiger partial charge in [0.05, 0.1) is 0 Å². The maximum atomic E-state index is 3.16. The van der Waals surface area contributed by atoms with Crippen molar-refractivity contribution >= 4 is 11.8 Å². The molecule has 0 N–H and O–H groups in total. The molecule has 0 aliphatic carbocycles. The zero-order valence-electron chi connectivity index (χ0n) is 6.31. The first-order valence-corrected chi connectivity index (χ1v) is 4.59. The zero-order valence-corrected chi connectivity index (χ0v) is 7.13. The molecule has 0 nitrogen and oxygen atoms in total. The van der Waals surface area contributed by atoms with Crippen LogP contribution in [0.15, 0.2) is 6.08 Å². The maximum Gasteiger partial charge on any atom is 0.0165 e. The summed E-state index contributed by atoms with van der Waals surface area (Å²) in [6.07, 6.45) is 5.80. The van der Waals surface area contributed by atoms with Crippen LogP contribution in [-0.4, -0.2) is 5.75 Å². The van der Waals surface area contributed by atoms with Crippen LogP contribution in [0.2, 0.25) is 0 Å². The van der Waals surface area contributed by atoms with Gasteiger partial charge < -0.3 is 0 Å². The third-order valence-electron chi connectivity index (χ3n) is 0.971. The highest BCUT2D eigenvalue weighted by Crippen LogP contribution is 2.04. The SMILES string of the molecule is CC/C=[C]\SCCCC. The van der Waals surface area contributed by atoms with Crippen LogP contribution in [-0.2, 0) is 0 Å². The molecule has 9 heavy (non-hydrogen) atoms. The predicted octanol–water partition coefficient (Wildman–Crippen LogP) is 3.25. The topological polar surface area (TPSA) is 0 Å². The second-order valence-corrected chi connectivity index (χ2v) is 2.86. The van der Waals surface area contributed by atoms with E-state index < -0.39 is 0 Å². The molecule has 0 aliphatic heterocycles. The fraction of sp³-hybridized carbons (Fsp3) is 0.750. The highest BCUT2D eigenvalue weighted by molar-refractivity contribution is 8.00. The van der Waals surface area contributed by atoms with Crippen LogP contribution in [0.1, 0.15) is 33.1 Å². The Hall–Kier alpha value is 0.0900. The minimum Gasteiger partial charge on any atom is -0.125 e. The average molecular weight is 143 g/mol. The van der Waals surface area contributed by atoms with E-state index in [1.807, 2.05) is 0 Å². The fourth-order valence-electron chi connectivity index (χ4n) is 0.418. The lowest BCUT2D eigenvalue weighted by atomic mass is 10.4. The van der Waals surface area contributed by atoms with Gasteiger partial charge in [-0.05, 0) is 18.6 Å². The van der Waals surface area contributed by atoms with Crippen molar-refractivity contribution < 1.29 is 0 Å². The molecular formula is C8H15S. The van der Waals surface area contributed by atoms with Crippen molar-refractivity contribution in [3.8, 4) is 0 Å². The molecule has 0 fully saturated rings. The smallest absolute Gasteiger partial charge is 0.0165 e. The van der Waals surface area contributed by atoms with E-state index in [4.69, 9.17) is 0 Å². The number of rotatable bonds is 5. The van der Waals surface area contributed by atoms with Gasteiger partial charge in [0.1, 0.15) is 0 Å². The molecule has 0 aromatic heterocycles. The van der Waals surface area contributed by atoms with Crippen molar-refractivity contribution in [2.45, 2.75) is 33.1 Å². The molecule has 0 aromatic rings. The Bertz CT molecular complexity index is 67.0. The van der Waals surface area contributed by atoms with Crippen LogP contribution in [0.25, 0.3) is 0 Å². The first-order valence-electron chi connectivity index (χ1n) is 3.60. The van der Waals surface area contributed by atoms with E-state index in [2.05, 4.69) is 25.3 Å². The summed E-state index contributed by atoms with van der Waals surface area (Å²) in [4.78, 5) is 0. The summed E-state index contributed by atoms with van der Waals surface area (Å²) in [6.45, 7) is 4.34. The molecule has 0 heterocycles. The second kappa shape index (κ2) is 8.09.